The molecule has 1 aromatic heterocycles. The largest absolute Gasteiger partial charge is 0.366 e. The molecule has 1 amide bonds. The highest BCUT2D eigenvalue weighted by Crippen LogP contribution is 2.13. The van der Waals surface area contributed by atoms with Gasteiger partial charge in [-0.3, -0.25) is 4.79 Å². The van der Waals surface area contributed by atoms with Gasteiger partial charge in [0.25, 0.3) is 5.91 Å². The first kappa shape index (κ1) is 8.20. The number of aryl methyl sites for hydroxylation is 1. The summed E-state index contributed by atoms with van der Waals surface area (Å²) in [5.41, 5.74) is 6.32. The summed E-state index contributed by atoms with van der Waals surface area (Å²) in [5, 5.41) is 0. The van der Waals surface area contributed by atoms with Crippen molar-refractivity contribution in [1.82, 2.24) is 4.98 Å². The third-order valence-corrected chi connectivity index (χ3v) is 1.86. The van der Waals surface area contributed by atoms with Crippen LogP contribution < -0.4 is 5.73 Å². The predicted octanol–water partition coefficient (Wildman–Crippen LogP) is 1.25. The van der Waals surface area contributed by atoms with E-state index < -0.39 is 5.91 Å². The lowest BCUT2D eigenvalue weighted by molar-refractivity contribution is 0.0999. The number of nitrogens with zero attached hydrogens (tertiary/aromatic N) is 1. The molecule has 4 heteroatoms. The van der Waals surface area contributed by atoms with Crippen molar-refractivity contribution in [3.05, 3.63) is 28.0 Å². The van der Waals surface area contributed by atoms with E-state index in [9.17, 15) is 4.79 Å². The Morgan fingerprint density at radius 1 is 1.64 bits per heavy atom. The molecule has 1 heterocycles. The normalized spacial score (nSPS) is 9.64. The lowest BCUT2D eigenvalue weighted by Crippen LogP contribution is -2.12. The molecule has 0 saturated carbocycles. The molecule has 0 atom stereocenters. The molecule has 0 aliphatic heterocycles. The molecular weight excluding hydrogens is 208 g/mol. The van der Waals surface area contributed by atoms with Gasteiger partial charge in [-0.15, -0.1) is 0 Å². The third kappa shape index (κ3) is 1.77. The molecule has 3 nitrogen and oxygen atoms in total. The standard InChI is InChI=1S/C7H7BrN2O/c1-4-2-3-5(7(9)11)6(8)10-4/h2-3H,1H3,(H2,9,11). The van der Waals surface area contributed by atoms with Crippen molar-refractivity contribution >= 4 is 21.8 Å². The average molecular weight is 215 g/mol. The van der Waals surface area contributed by atoms with Gasteiger partial charge in [0.2, 0.25) is 0 Å². The predicted molar refractivity (Wildman–Crippen MR) is 45.2 cm³/mol. The summed E-state index contributed by atoms with van der Waals surface area (Å²) in [7, 11) is 0. The Hall–Kier alpha value is -0.900. The van der Waals surface area contributed by atoms with E-state index in [4.69, 9.17) is 5.73 Å². The highest BCUT2D eigenvalue weighted by molar-refractivity contribution is 9.10. The van der Waals surface area contributed by atoms with Crippen LogP contribution in [0.25, 0.3) is 0 Å². The minimum atomic E-state index is -0.468. The lowest BCUT2D eigenvalue weighted by Gasteiger charge is -1.98. The number of primary amides is 1. The zero-order valence-electron chi connectivity index (χ0n) is 5.97. The second-order valence-corrected chi connectivity index (χ2v) is 2.91. The van der Waals surface area contributed by atoms with Crippen LogP contribution in [0.1, 0.15) is 16.1 Å². The van der Waals surface area contributed by atoms with Gasteiger partial charge >= 0.3 is 0 Å². The van der Waals surface area contributed by atoms with Gasteiger partial charge < -0.3 is 5.73 Å². The van der Waals surface area contributed by atoms with Crippen molar-refractivity contribution in [2.45, 2.75) is 6.92 Å². The van der Waals surface area contributed by atoms with Crippen molar-refractivity contribution in [2.75, 3.05) is 0 Å². The maximum absolute atomic E-state index is 10.7. The molecule has 0 aromatic carbocycles. The number of carbonyl (C=O) groups excluding carboxylic acids is 1. The van der Waals surface area contributed by atoms with Gasteiger partial charge in [0.1, 0.15) is 4.60 Å². The Labute approximate surface area is 72.7 Å². The summed E-state index contributed by atoms with van der Waals surface area (Å²) < 4.78 is 0.505. The molecule has 0 radical (unpaired) electrons. The van der Waals surface area contributed by atoms with Gasteiger partial charge in [-0.05, 0) is 35.0 Å². The van der Waals surface area contributed by atoms with E-state index in [2.05, 4.69) is 20.9 Å². The van der Waals surface area contributed by atoms with Crippen LogP contribution in [0, 0.1) is 6.92 Å². The summed E-state index contributed by atoms with van der Waals surface area (Å²) in [4.78, 5) is 14.7. The smallest absolute Gasteiger partial charge is 0.251 e. The summed E-state index contributed by atoms with van der Waals surface area (Å²) in [6.45, 7) is 1.84. The zero-order chi connectivity index (χ0) is 8.43. The first-order valence-corrected chi connectivity index (χ1v) is 3.83. The Morgan fingerprint density at radius 2 is 2.27 bits per heavy atom. The van der Waals surface area contributed by atoms with Crippen LogP contribution in [0.15, 0.2) is 16.7 Å². The average Bonchev–Trinajstić information content (AvgIpc) is 1.85. The maximum atomic E-state index is 10.7. The quantitative estimate of drug-likeness (QED) is 0.716. The van der Waals surface area contributed by atoms with Crippen molar-refractivity contribution in [3.8, 4) is 0 Å². The zero-order valence-corrected chi connectivity index (χ0v) is 7.55. The fourth-order valence-corrected chi connectivity index (χ4v) is 1.32. The Bertz CT molecular complexity index is 298. The molecule has 11 heavy (non-hydrogen) atoms. The van der Waals surface area contributed by atoms with E-state index in [-0.39, 0.29) is 0 Å². The number of rotatable bonds is 1. The third-order valence-electron chi connectivity index (χ3n) is 1.25. The highest BCUT2D eigenvalue weighted by atomic mass is 79.9. The van der Waals surface area contributed by atoms with Crippen LogP contribution in [-0.2, 0) is 0 Å². The Kier molecular flexibility index (Phi) is 2.24. The maximum Gasteiger partial charge on any atom is 0.251 e. The van der Waals surface area contributed by atoms with Crippen molar-refractivity contribution in [1.29, 1.82) is 0 Å². The van der Waals surface area contributed by atoms with Gasteiger partial charge in [-0.25, -0.2) is 4.98 Å². The first-order chi connectivity index (χ1) is 5.11. The lowest BCUT2D eigenvalue weighted by atomic mass is 10.2. The number of hydrogen-bond acceptors (Lipinski definition) is 2. The summed E-state index contributed by atoms with van der Waals surface area (Å²) in [5.74, 6) is -0.468. The summed E-state index contributed by atoms with van der Waals surface area (Å²) in [6.07, 6.45) is 0. The molecule has 1 rings (SSSR count). The van der Waals surface area contributed by atoms with Crippen LogP contribution in [0.5, 0.6) is 0 Å². The van der Waals surface area contributed by atoms with Crippen molar-refractivity contribution in [3.63, 3.8) is 0 Å². The van der Waals surface area contributed by atoms with E-state index in [1.165, 1.54) is 0 Å². The van der Waals surface area contributed by atoms with Gasteiger partial charge in [-0.1, -0.05) is 0 Å². The number of hydrogen-bond donors (Lipinski definition) is 1. The minimum Gasteiger partial charge on any atom is -0.366 e. The fourth-order valence-electron chi connectivity index (χ4n) is 0.709. The van der Waals surface area contributed by atoms with Crippen molar-refractivity contribution < 1.29 is 4.79 Å². The van der Waals surface area contributed by atoms with E-state index in [1.54, 1.807) is 12.1 Å². The molecular formula is C7H7BrN2O. The monoisotopic (exact) mass is 214 g/mol. The highest BCUT2D eigenvalue weighted by Gasteiger charge is 2.05. The summed E-state index contributed by atoms with van der Waals surface area (Å²) in [6, 6.07) is 3.39. The van der Waals surface area contributed by atoms with Crippen LogP contribution in [-0.4, -0.2) is 10.9 Å². The van der Waals surface area contributed by atoms with E-state index in [0.717, 1.165) is 5.69 Å². The first-order valence-electron chi connectivity index (χ1n) is 3.04. The molecule has 0 unspecified atom stereocenters. The van der Waals surface area contributed by atoms with Crippen LogP contribution in [0.3, 0.4) is 0 Å². The second-order valence-electron chi connectivity index (χ2n) is 2.16. The van der Waals surface area contributed by atoms with Gasteiger partial charge in [-0.2, -0.15) is 0 Å². The van der Waals surface area contributed by atoms with Gasteiger partial charge in [0.05, 0.1) is 5.56 Å². The SMILES string of the molecule is Cc1ccc(C(N)=O)c(Br)n1. The molecule has 0 aliphatic carbocycles. The van der Waals surface area contributed by atoms with E-state index in [0.29, 0.717) is 10.2 Å². The van der Waals surface area contributed by atoms with Crippen LogP contribution >= 0.6 is 15.9 Å². The number of halogens is 1. The number of pyridine rings is 1. The van der Waals surface area contributed by atoms with E-state index in [1.807, 2.05) is 6.92 Å². The van der Waals surface area contributed by atoms with E-state index >= 15 is 0 Å². The van der Waals surface area contributed by atoms with Gasteiger partial charge in [0, 0.05) is 5.69 Å². The molecule has 0 bridgehead atoms. The molecule has 0 saturated heterocycles. The molecule has 2 N–H and O–H groups in total. The Balaban J connectivity index is 3.20. The Morgan fingerprint density at radius 3 is 2.73 bits per heavy atom. The second kappa shape index (κ2) is 3.00. The molecule has 1 aromatic rings. The van der Waals surface area contributed by atoms with Crippen LogP contribution in [0.4, 0.5) is 0 Å². The number of nitrogens with two attached hydrogens (primary N) is 1. The molecule has 0 aliphatic rings. The topological polar surface area (TPSA) is 56.0 Å². The minimum absolute atomic E-state index is 0.413. The number of amides is 1. The number of carbonyl (C=O) groups is 1. The van der Waals surface area contributed by atoms with Crippen LogP contribution in [0.2, 0.25) is 0 Å². The molecule has 58 valence electrons. The molecule has 0 spiro atoms. The molecule has 0 fully saturated rings. The fraction of sp³-hybridized carbons (Fsp3) is 0.143. The van der Waals surface area contributed by atoms with Crippen molar-refractivity contribution in [2.24, 2.45) is 5.73 Å². The summed E-state index contributed by atoms with van der Waals surface area (Å²) >= 11 is 3.14. The van der Waals surface area contributed by atoms with Gasteiger partial charge in [0.15, 0.2) is 0 Å². The number of aromatic nitrogens is 1.